The van der Waals surface area contributed by atoms with Crippen molar-refractivity contribution in [2.24, 2.45) is 0 Å². The fraction of sp³-hybridized carbons (Fsp3) is 0.269. The van der Waals surface area contributed by atoms with Crippen molar-refractivity contribution in [3.05, 3.63) is 95.0 Å². The van der Waals surface area contributed by atoms with Gasteiger partial charge in [-0.1, -0.05) is 78.0 Å². The van der Waals surface area contributed by atoms with Crippen LogP contribution in [0.2, 0.25) is 5.02 Å². The molecule has 0 saturated carbocycles. The van der Waals surface area contributed by atoms with E-state index in [2.05, 4.69) is 74.4 Å². The Balaban J connectivity index is 1.19. The SMILES string of the molecule is Clc1ccc(C(c2ccccc2)N2CCN(CCSc3nc4ccccc4[nH]3)CC2)cc1. The number of piperazine rings is 1. The lowest BCUT2D eigenvalue weighted by Gasteiger charge is -2.39. The van der Waals surface area contributed by atoms with Gasteiger partial charge in [-0.15, -0.1) is 0 Å². The molecule has 5 rings (SSSR count). The van der Waals surface area contributed by atoms with Crippen molar-refractivity contribution in [1.82, 2.24) is 19.8 Å². The molecule has 1 fully saturated rings. The molecule has 4 aromatic rings. The Morgan fingerprint density at radius 1 is 0.844 bits per heavy atom. The van der Waals surface area contributed by atoms with Gasteiger partial charge in [-0.2, -0.15) is 0 Å². The molecule has 32 heavy (non-hydrogen) atoms. The summed E-state index contributed by atoms with van der Waals surface area (Å²) in [4.78, 5) is 13.3. The highest BCUT2D eigenvalue weighted by Gasteiger charge is 2.26. The van der Waals surface area contributed by atoms with E-state index in [1.165, 1.54) is 11.1 Å². The Morgan fingerprint density at radius 2 is 1.53 bits per heavy atom. The van der Waals surface area contributed by atoms with Gasteiger partial charge < -0.3 is 4.98 Å². The van der Waals surface area contributed by atoms with E-state index in [1.807, 2.05) is 36.0 Å². The highest BCUT2D eigenvalue weighted by atomic mass is 35.5. The van der Waals surface area contributed by atoms with Crippen LogP contribution < -0.4 is 0 Å². The van der Waals surface area contributed by atoms with E-state index in [4.69, 9.17) is 11.6 Å². The van der Waals surface area contributed by atoms with Crippen molar-refractivity contribution in [2.75, 3.05) is 38.5 Å². The number of thioether (sulfide) groups is 1. The molecule has 4 nitrogen and oxygen atoms in total. The van der Waals surface area contributed by atoms with Gasteiger partial charge in [-0.3, -0.25) is 9.80 Å². The second-order valence-corrected chi connectivity index (χ2v) is 9.67. The Bertz CT molecular complexity index is 1100. The average Bonchev–Trinajstić information content (AvgIpc) is 3.25. The Labute approximate surface area is 198 Å². The number of halogens is 1. The number of H-pyrrole nitrogens is 1. The third-order valence-electron chi connectivity index (χ3n) is 6.09. The standard InChI is InChI=1S/C26H27ClN4S/c27-22-12-10-21(11-13-22)25(20-6-2-1-3-7-20)31-16-14-30(15-17-31)18-19-32-26-28-23-8-4-5-9-24(23)29-26/h1-13,25H,14-19H2,(H,28,29). The molecular formula is C26H27ClN4S. The van der Waals surface area contributed by atoms with Crippen LogP contribution in [0, 0.1) is 0 Å². The lowest BCUT2D eigenvalue weighted by Crippen LogP contribution is -2.48. The van der Waals surface area contributed by atoms with Crippen LogP contribution in [0.4, 0.5) is 0 Å². The van der Waals surface area contributed by atoms with Gasteiger partial charge >= 0.3 is 0 Å². The quantitative estimate of drug-likeness (QED) is 0.356. The molecular weight excluding hydrogens is 436 g/mol. The summed E-state index contributed by atoms with van der Waals surface area (Å²) in [6.07, 6.45) is 0. The van der Waals surface area contributed by atoms with Crippen LogP contribution in [0.25, 0.3) is 11.0 Å². The van der Waals surface area contributed by atoms with E-state index >= 15 is 0 Å². The van der Waals surface area contributed by atoms with E-state index in [0.29, 0.717) is 0 Å². The third-order valence-corrected chi connectivity index (χ3v) is 7.19. The molecule has 2 heterocycles. The van der Waals surface area contributed by atoms with Crippen LogP contribution >= 0.6 is 23.4 Å². The maximum Gasteiger partial charge on any atom is 0.166 e. The number of fused-ring (bicyclic) bond motifs is 1. The molecule has 0 aliphatic carbocycles. The normalized spacial score (nSPS) is 16.4. The first-order valence-corrected chi connectivity index (χ1v) is 12.5. The number of hydrogen-bond acceptors (Lipinski definition) is 4. The zero-order chi connectivity index (χ0) is 21.8. The third kappa shape index (κ3) is 5.02. The van der Waals surface area contributed by atoms with Gasteiger partial charge in [0.25, 0.3) is 0 Å². The molecule has 1 aliphatic rings. The first-order chi connectivity index (χ1) is 15.8. The summed E-state index contributed by atoms with van der Waals surface area (Å²) in [5.41, 5.74) is 4.79. The topological polar surface area (TPSA) is 35.2 Å². The molecule has 1 saturated heterocycles. The Hall–Kier alpha value is -2.31. The van der Waals surface area contributed by atoms with Crippen molar-refractivity contribution in [3.8, 4) is 0 Å². The lowest BCUT2D eigenvalue weighted by atomic mass is 9.96. The van der Waals surface area contributed by atoms with Crippen molar-refractivity contribution in [1.29, 1.82) is 0 Å². The summed E-state index contributed by atoms with van der Waals surface area (Å²) in [5.74, 6) is 1.04. The molecule has 1 N–H and O–H groups in total. The maximum absolute atomic E-state index is 6.15. The summed E-state index contributed by atoms with van der Waals surface area (Å²) in [7, 11) is 0. The smallest absolute Gasteiger partial charge is 0.166 e. The van der Waals surface area contributed by atoms with E-state index < -0.39 is 0 Å². The summed E-state index contributed by atoms with van der Waals surface area (Å²) >= 11 is 7.96. The number of aromatic nitrogens is 2. The summed E-state index contributed by atoms with van der Waals surface area (Å²) in [5, 5.41) is 1.80. The molecule has 0 bridgehead atoms. The van der Waals surface area contributed by atoms with E-state index in [1.54, 1.807) is 0 Å². The number of hydrogen-bond donors (Lipinski definition) is 1. The molecule has 1 unspecified atom stereocenters. The van der Waals surface area contributed by atoms with Gasteiger partial charge in [0.05, 0.1) is 17.1 Å². The minimum absolute atomic E-state index is 0.264. The fourth-order valence-electron chi connectivity index (χ4n) is 4.41. The second-order valence-electron chi connectivity index (χ2n) is 8.15. The number of aromatic amines is 1. The Morgan fingerprint density at radius 3 is 2.28 bits per heavy atom. The van der Waals surface area contributed by atoms with E-state index in [-0.39, 0.29) is 6.04 Å². The van der Waals surface area contributed by atoms with Crippen LogP contribution in [-0.2, 0) is 0 Å². The minimum atomic E-state index is 0.264. The van der Waals surface area contributed by atoms with Gasteiger partial charge in [0.2, 0.25) is 0 Å². The van der Waals surface area contributed by atoms with Crippen molar-refractivity contribution >= 4 is 34.4 Å². The molecule has 0 radical (unpaired) electrons. The number of para-hydroxylation sites is 2. The summed E-state index contributed by atoms with van der Waals surface area (Å²) in [6, 6.07) is 27.6. The number of rotatable bonds is 7. The Kier molecular flexibility index (Phi) is 6.79. The largest absolute Gasteiger partial charge is 0.333 e. The predicted octanol–water partition coefficient (Wildman–Crippen LogP) is 5.72. The van der Waals surface area contributed by atoms with Gasteiger partial charge in [-0.05, 0) is 35.4 Å². The van der Waals surface area contributed by atoms with Gasteiger partial charge in [0.1, 0.15) is 0 Å². The molecule has 1 aromatic heterocycles. The molecule has 0 spiro atoms. The maximum atomic E-state index is 6.15. The molecule has 3 aromatic carbocycles. The van der Waals surface area contributed by atoms with E-state index in [9.17, 15) is 0 Å². The number of imidazole rings is 1. The first kappa shape index (κ1) is 21.5. The van der Waals surface area contributed by atoms with Crippen LogP contribution in [-0.4, -0.2) is 58.2 Å². The van der Waals surface area contributed by atoms with Crippen molar-refractivity contribution < 1.29 is 0 Å². The molecule has 1 aliphatic heterocycles. The molecule has 164 valence electrons. The van der Waals surface area contributed by atoms with Crippen molar-refractivity contribution in [3.63, 3.8) is 0 Å². The zero-order valence-electron chi connectivity index (χ0n) is 18.0. The van der Waals surface area contributed by atoms with Crippen molar-refractivity contribution in [2.45, 2.75) is 11.2 Å². The summed E-state index contributed by atoms with van der Waals surface area (Å²) < 4.78 is 0. The van der Waals surface area contributed by atoms with Crippen LogP contribution in [0.5, 0.6) is 0 Å². The average molecular weight is 463 g/mol. The lowest BCUT2D eigenvalue weighted by molar-refractivity contribution is 0.114. The highest BCUT2D eigenvalue weighted by Crippen LogP contribution is 2.30. The molecule has 6 heteroatoms. The number of benzene rings is 3. The van der Waals surface area contributed by atoms with Crippen LogP contribution in [0.15, 0.2) is 84.0 Å². The van der Waals surface area contributed by atoms with Gasteiger partial charge in [0.15, 0.2) is 5.16 Å². The van der Waals surface area contributed by atoms with Crippen LogP contribution in [0.1, 0.15) is 17.2 Å². The van der Waals surface area contributed by atoms with Gasteiger partial charge in [0, 0.05) is 43.5 Å². The minimum Gasteiger partial charge on any atom is -0.333 e. The first-order valence-electron chi connectivity index (χ1n) is 11.1. The molecule has 1 atom stereocenters. The number of nitrogens with one attached hydrogen (secondary N) is 1. The number of nitrogens with zero attached hydrogens (tertiary/aromatic N) is 3. The predicted molar refractivity (Wildman–Crippen MR) is 135 cm³/mol. The van der Waals surface area contributed by atoms with E-state index in [0.717, 1.165) is 59.7 Å². The monoisotopic (exact) mass is 462 g/mol. The van der Waals surface area contributed by atoms with Crippen LogP contribution in [0.3, 0.4) is 0 Å². The molecule has 0 amide bonds. The summed E-state index contributed by atoms with van der Waals surface area (Å²) in [6.45, 7) is 5.34. The zero-order valence-corrected chi connectivity index (χ0v) is 19.5. The highest BCUT2D eigenvalue weighted by molar-refractivity contribution is 7.99. The second kappa shape index (κ2) is 10.1. The van der Waals surface area contributed by atoms with Gasteiger partial charge in [-0.25, -0.2) is 4.98 Å². The fourth-order valence-corrected chi connectivity index (χ4v) is 5.42.